The monoisotopic (exact) mass is 814 g/mol. The summed E-state index contributed by atoms with van der Waals surface area (Å²) in [6, 6.07) is 11.1. The molecule has 0 fully saturated rings. The van der Waals surface area contributed by atoms with Crippen molar-refractivity contribution in [1.82, 2.24) is 0 Å². The minimum absolute atomic E-state index is 0.00937. The average molecular weight is 815 g/mol. The number of nitrogens with one attached hydrogen (secondary N) is 4. The molecule has 0 saturated carbocycles. The Labute approximate surface area is 340 Å². The number of carbonyl (C=O) groups excluding carboxylic acids is 6. The molecule has 60 heavy (non-hydrogen) atoms. The third-order valence-electron chi connectivity index (χ3n) is 10.5. The smallest absolute Gasteiger partial charge is 0.335 e. The number of carbonyl (C=O) groups is 8. The number of benzene rings is 4. The number of fused-ring (bicyclic) bond motifs is 2. The highest BCUT2D eigenvalue weighted by Crippen LogP contribution is 2.42. The van der Waals surface area contributed by atoms with Crippen LogP contribution in [0.3, 0.4) is 0 Å². The van der Waals surface area contributed by atoms with Gasteiger partial charge in [-0.05, 0) is 85.3 Å². The largest absolute Gasteiger partial charge is 0.507 e. The summed E-state index contributed by atoms with van der Waals surface area (Å²) >= 11 is 0. The molecule has 4 aromatic rings. The summed E-state index contributed by atoms with van der Waals surface area (Å²) in [5, 5.41) is 42.8. The SMILES string of the molecule is Cc1c(-c2c(C)c(NNc3ccc(C(=O)O)cc3)c3c(c2O)=C(C=O)C(=O)C(=O)C=3C(C)C)c(O)c2c(c1NNc1ccc(C(=O)O)cc1)=C(C(C)C)C(=O)C(=O)C=2C=O. The molecule has 0 atom stereocenters. The molecule has 4 aromatic carbocycles. The summed E-state index contributed by atoms with van der Waals surface area (Å²) in [7, 11) is 0. The Morgan fingerprint density at radius 2 is 0.833 bits per heavy atom. The number of carboxylic acids is 2. The van der Waals surface area contributed by atoms with Crippen LogP contribution < -0.4 is 42.6 Å². The van der Waals surface area contributed by atoms with Crippen molar-refractivity contribution in [3.8, 4) is 22.6 Å². The molecular formula is C44H38N4O12. The average Bonchev–Trinajstić information content (AvgIpc) is 3.20. The summed E-state index contributed by atoms with van der Waals surface area (Å²) in [5.74, 6) is -9.44. The third-order valence-corrected chi connectivity index (χ3v) is 10.5. The Morgan fingerprint density at radius 3 is 1.10 bits per heavy atom. The zero-order valence-electron chi connectivity index (χ0n) is 33.0. The van der Waals surface area contributed by atoms with Crippen LogP contribution in [0.1, 0.15) is 59.5 Å². The van der Waals surface area contributed by atoms with Gasteiger partial charge in [0.1, 0.15) is 11.5 Å². The molecule has 0 aromatic heterocycles. The van der Waals surface area contributed by atoms with E-state index < -0.39 is 69.6 Å². The van der Waals surface area contributed by atoms with E-state index in [0.29, 0.717) is 11.4 Å². The van der Waals surface area contributed by atoms with Gasteiger partial charge in [0, 0.05) is 43.1 Å². The van der Waals surface area contributed by atoms with Crippen LogP contribution in [0, 0.1) is 25.7 Å². The first-order valence-corrected chi connectivity index (χ1v) is 18.4. The van der Waals surface area contributed by atoms with Gasteiger partial charge in [0.25, 0.3) is 0 Å². The lowest BCUT2D eigenvalue weighted by molar-refractivity contribution is -0.130. The van der Waals surface area contributed by atoms with E-state index in [0.717, 1.165) is 0 Å². The van der Waals surface area contributed by atoms with Crippen LogP contribution in [0.2, 0.25) is 0 Å². The molecule has 8 N–H and O–H groups in total. The predicted molar refractivity (Wildman–Crippen MR) is 220 cm³/mol. The van der Waals surface area contributed by atoms with Crippen molar-refractivity contribution in [2.45, 2.75) is 41.5 Å². The summed E-state index contributed by atoms with van der Waals surface area (Å²) in [6.07, 6.45) is 0.269. The predicted octanol–water partition coefficient (Wildman–Crippen LogP) is 2.27. The lowest BCUT2D eigenvalue weighted by atomic mass is 9.80. The highest BCUT2D eigenvalue weighted by Gasteiger charge is 2.37. The second-order valence-corrected chi connectivity index (χ2v) is 14.7. The number of carboxylic acid groups (broad SMARTS) is 2. The molecule has 0 spiro atoms. The third kappa shape index (κ3) is 6.72. The minimum Gasteiger partial charge on any atom is -0.507 e. The van der Waals surface area contributed by atoms with Gasteiger partial charge in [0.05, 0.1) is 45.0 Å². The van der Waals surface area contributed by atoms with E-state index in [9.17, 15) is 58.8 Å². The van der Waals surface area contributed by atoms with Gasteiger partial charge in [-0.1, -0.05) is 27.7 Å². The number of anilines is 4. The van der Waals surface area contributed by atoms with Crippen LogP contribution >= 0.6 is 0 Å². The summed E-state index contributed by atoms with van der Waals surface area (Å²) in [6.45, 7) is 9.55. The van der Waals surface area contributed by atoms with Crippen LogP contribution in [-0.4, -0.2) is 68.1 Å². The standard InChI is InChI=1S/C44H38N4O12/c1-17(2)27-33-31(25(15-49)37(51)41(27)55)39(53)29(19(5)35(33)47-45-23-11-7-21(8-12-23)43(57)58)30-20(6)36(48-46-24-13-9-22(10-14-24)44(59)60)34-28(18(3)4)42(56)38(52)26(16-50)32(34)40(30)54/h7-18,45-48,53-54H,1-6H3,(H,57,58)(H,59,60). The van der Waals surface area contributed by atoms with Gasteiger partial charge in [-0.3, -0.25) is 39.6 Å². The fourth-order valence-corrected chi connectivity index (χ4v) is 7.64. The summed E-state index contributed by atoms with van der Waals surface area (Å²) < 4.78 is 0. The number of aromatic hydroxyl groups is 2. The van der Waals surface area contributed by atoms with Crippen LogP contribution in [0.15, 0.2) is 48.5 Å². The van der Waals surface area contributed by atoms with E-state index in [1.165, 1.54) is 62.4 Å². The quantitative estimate of drug-likeness (QED) is 0.0416. The maximum absolute atomic E-state index is 13.6. The van der Waals surface area contributed by atoms with Gasteiger partial charge >= 0.3 is 11.9 Å². The zero-order valence-corrected chi connectivity index (χ0v) is 33.0. The Kier molecular flexibility index (Phi) is 11.0. The molecule has 0 amide bonds. The van der Waals surface area contributed by atoms with Crippen molar-refractivity contribution in [2.75, 3.05) is 21.7 Å². The van der Waals surface area contributed by atoms with Gasteiger partial charge in [-0.15, -0.1) is 0 Å². The molecule has 16 nitrogen and oxygen atoms in total. The highest BCUT2D eigenvalue weighted by atomic mass is 16.4. The normalized spacial score (nSPS) is 13.7. The van der Waals surface area contributed by atoms with Crippen LogP contribution in [0.5, 0.6) is 11.5 Å². The molecule has 2 aliphatic rings. The van der Waals surface area contributed by atoms with Crippen molar-refractivity contribution in [3.05, 3.63) is 91.7 Å². The fraction of sp³-hybridized carbons (Fsp3) is 0.182. The van der Waals surface area contributed by atoms with Crippen LogP contribution in [0.25, 0.3) is 33.4 Å². The number of phenolic OH excluding ortho intramolecular Hbond substituents is 2. The number of hydrazine groups is 2. The Balaban J connectivity index is 1.79. The van der Waals surface area contributed by atoms with E-state index >= 15 is 0 Å². The van der Waals surface area contributed by atoms with Crippen molar-refractivity contribution in [2.24, 2.45) is 11.8 Å². The second-order valence-electron chi connectivity index (χ2n) is 14.7. The van der Waals surface area contributed by atoms with E-state index in [-0.39, 0.29) is 89.3 Å². The van der Waals surface area contributed by atoms with E-state index in [1.807, 2.05) is 0 Å². The topological polar surface area (TPSA) is 266 Å². The molecule has 0 heterocycles. The molecule has 0 radical (unpaired) electrons. The number of phenols is 2. The first-order valence-electron chi connectivity index (χ1n) is 18.4. The lowest BCUT2D eigenvalue weighted by Gasteiger charge is -2.27. The van der Waals surface area contributed by atoms with Gasteiger partial charge in [-0.25, -0.2) is 9.59 Å². The van der Waals surface area contributed by atoms with Gasteiger partial charge in [0.2, 0.25) is 23.1 Å². The molecule has 2 aliphatic carbocycles. The highest BCUT2D eigenvalue weighted by molar-refractivity contribution is 6.69. The van der Waals surface area contributed by atoms with E-state index in [2.05, 4.69) is 21.7 Å². The van der Waals surface area contributed by atoms with Crippen LogP contribution in [-0.2, 0) is 28.8 Å². The molecular weight excluding hydrogens is 776 g/mol. The van der Waals surface area contributed by atoms with Crippen molar-refractivity contribution < 1.29 is 58.8 Å². The molecule has 6 rings (SSSR count). The lowest BCUT2D eigenvalue weighted by Crippen LogP contribution is -2.46. The van der Waals surface area contributed by atoms with Crippen LogP contribution in [0.4, 0.5) is 22.7 Å². The Hall–Kier alpha value is -7.88. The number of rotatable bonds is 13. The molecule has 0 bridgehead atoms. The number of aromatic carboxylic acids is 2. The number of hydrogen-bond donors (Lipinski definition) is 8. The first-order chi connectivity index (χ1) is 28.4. The summed E-state index contributed by atoms with van der Waals surface area (Å²) in [4.78, 5) is 103. The van der Waals surface area contributed by atoms with Gasteiger partial charge < -0.3 is 31.3 Å². The zero-order chi connectivity index (χ0) is 44.1. The molecule has 0 aliphatic heterocycles. The van der Waals surface area contributed by atoms with Gasteiger partial charge in [0.15, 0.2) is 12.6 Å². The van der Waals surface area contributed by atoms with E-state index in [4.69, 9.17) is 0 Å². The van der Waals surface area contributed by atoms with Crippen molar-refractivity contribution in [1.29, 1.82) is 0 Å². The van der Waals surface area contributed by atoms with Crippen molar-refractivity contribution >= 4 is 92.7 Å². The molecule has 0 saturated heterocycles. The van der Waals surface area contributed by atoms with E-state index in [1.54, 1.807) is 27.7 Å². The second kappa shape index (κ2) is 15.8. The van der Waals surface area contributed by atoms with Crippen molar-refractivity contribution in [3.63, 3.8) is 0 Å². The minimum atomic E-state index is -1.20. The number of Topliss-reactive ketones (excluding diaryl/α,β-unsaturated/α-hetero) is 4. The molecule has 306 valence electrons. The number of hydrogen-bond acceptors (Lipinski definition) is 14. The first kappa shape index (κ1) is 41.7. The number of aldehydes is 2. The maximum Gasteiger partial charge on any atom is 0.335 e. The fourth-order valence-electron chi connectivity index (χ4n) is 7.64. The van der Waals surface area contributed by atoms with Gasteiger partial charge in [-0.2, -0.15) is 0 Å². The molecule has 0 unspecified atom stereocenters. The molecule has 16 heteroatoms. The maximum atomic E-state index is 13.6. The number of ketones is 4. The summed E-state index contributed by atoms with van der Waals surface area (Å²) in [5.41, 5.74) is 10.9. The Morgan fingerprint density at radius 1 is 0.517 bits per heavy atom. The Bertz CT molecular complexity index is 2710.